The van der Waals surface area contributed by atoms with Crippen LogP contribution in [0.4, 0.5) is 11.6 Å². The highest BCUT2D eigenvalue weighted by molar-refractivity contribution is 9.10. The Labute approximate surface area is 107 Å². The van der Waals surface area contributed by atoms with E-state index in [1.54, 1.807) is 6.20 Å². The molecule has 0 aromatic carbocycles. The molecule has 4 N–H and O–H groups in total. The first-order valence-electron chi connectivity index (χ1n) is 4.99. The van der Waals surface area contributed by atoms with Gasteiger partial charge in [0.2, 0.25) is 0 Å². The minimum Gasteiger partial charge on any atom is -0.367 e. The highest BCUT2D eigenvalue weighted by Crippen LogP contribution is 2.25. The molecule has 2 aromatic rings. The summed E-state index contributed by atoms with van der Waals surface area (Å²) in [6.07, 6.45) is 5.09. The van der Waals surface area contributed by atoms with Crippen molar-refractivity contribution in [2.24, 2.45) is 5.84 Å². The van der Waals surface area contributed by atoms with Crippen LogP contribution in [0.25, 0.3) is 0 Å². The number of rotatable bonds is 5. The molecule has 7 nitrogen and oxygen atoms in total. The Morgan fingerprint density at radius 3 is 2.88 bits per heavy atom. The first-order chi connectivity index (χ1) is 8.31. The molecule has 8 heteroatoms. The van der Waals surface area contributed by atoms with Crippen LogP contribution in [0, 0.1) is 0 Å². The van der Waals surface area contributed by atoms with Crippen LogP contribution >= 0.6 is 15.9 Å². The van der Waals surface area contributed by atoms with Gasteiger partial charge in [0.1, 0.15) is 16.6 Å². The molecule has 0 aliphatic carbocycles. The normalized spacial score (nSPS) is 10.2. The highest BCUT2D eigenvalue weighted by Gasteiger charge is 2.06. The van der Waals surface area contributed by atoms with Gasteiger partial charge in [-0.1, -0.05) is 0 Å². The van der Waals surface area contributed by atoms with Gasteiger partial charge in [-0.15, -0.1) is 0 Å². The zero-order valence-electron chi connectivity index (χ0n) is 8.97. The second-order valence-corrected chi connectivity index (χ2v) is 4.02. The lowest BCUT2D eigenvalue weighted by atomic mass is 10.5. The van der Waals surface area contributed by atoms with Crippen molar-refractivity contribution in [1.82, 2.24) is 19.7 Å². The average molecular weight is 298 g/mol. The van der Waals surface area contributed by atoms with E-state index in [-0.39, 0.29) is 0 Å². The van der Waals surface area contributed by atoms with E-state index in [1.807, 2.05) is 16.9 Å². The second kappa shape index (κ2) is 5.60. The van der Waals surface area contributed by atoms with Crippen molar-refractivity contribution in [3.05, 3.63) is 29.3 Å². The summed E-state index contributed by atoms with van der Waals surface area (Å²) in [7, 11) is 0. The number of hydrogen-bond donors (Lipinski definition) is 3. The molecule has 0 fully saturated rings. The monoisotopic (exact) mass is 297 g/mol. The molecular formula is C9H12BrN7. The zero-order valence-corrected chi connectivity index (χ0v) is 10.6. The van der Waals surface area contributed by atoms with E-state index in [4.69, 9.17) is 5.84 Å². The van der Waals surface area contributed by atoms with Crippen LogP contribution in [0.3, 0.4) is 0 Å². The van der Waals surface area contributed by atoms with Crippen molar-refractivity contribution in [2.45, 2.75) is 6.54 Å². The van der Waals surface area contributed by atoms with E-state index in [2.05, 4.69) is 41.7 Å². The molecule has 2 rings (SSSR count). The van der Waals surface area contributed by atoms with Gasteiger partial charge in [0, 0.05) is 18.9 Å². The van der Waals surface area contributed by atoms with E-state index >= 15 is 0 Å². The van der Waals surface area contributed by atoms with Crippen LogP contribution in [0.15, 0.2) is 29.3 Å². The predicted molar refractivity (Wildman–Crippen MR) is 68.3 cm³/mol. The van der Waals surface area contributed by atoms with Crippen molar-refractivity contribution >= 4 is 27.6 Å². The third kappa shape index (κ3) is 2.92. The Morgan fingerprint density at radius 1 is 1.35 bits per heavy atom. The summed E-state index contributed by atoms with van der Waals surface area (Å²) in [6.45, 7) is 1.47. The van der Waals surface area contributed by atoms with E-state index in [0.717, 1.165) is 6.54 Å². The number of anilines is 2. The van der Waals surface area contributed by atoms with Crippen molar-refractivity contribution in [2.75, 3.05) is 17.3 Å². The van der Waals surface area contributed by atoms with Gasteiger partial charge in [-0.3, -0.25) is 4.68 Å². The summed E-state index contributed by atoms with van der Waals surface area (Å²) >= 11 is 3.37. The van der Waals surface area contributed by atoms with Crippen LogP contribution < -0.4 is 16.6 Å². The van der Waals surface area contributed by atoms with Crippen LogP contribution in [0.5, 0.6) is 0 Å². The molecular weight excluding hydrogens is 286 g/mol. The van der Waals surface area contributed by atoms with E-state index < -0.39 is 0 Å². The van der Waals surface area contributed by atoms with Crippen LogP contribution in [-0.4, -0.2) is 26.3 Å². The average Bonchev–Trinajstić information content (AvgIpc) is 2.84. The Morgan fingerprint density at radius 2 is 2.18 bits per heavy atom. The third-order valence-electron chi connectivity index (χ3n) is 2.12. The van der Waals surface area contributed by atoms with Gasteiger partial charge in [0.15, 0.2) is 5.82 Å². The third-order valence-corrected chi connectivity index (χ3v) is 2.87. The number of nitrogens with zero attached hydrogens (tertiary/aromatic N) is 4. The highest BCUT2D eigenvalue weighted by atomic mass is 79.9. The summed E-state index contributed by atoms with van der Waals surface area (Å²) in [4.78, 5) is 8.08. The molecule has 2 heterocycles. The quantitative estimate of drug-likeness (QED) is 0.559. The molecule has 90 valence electrons. The molecule has 0 unspecified atom stereocenters. The maximum Gasteiger partial charge on any atom is 0.159 e. The lowest BCUT2D eigenvalue weighted by Crippen LogP contribution is -2.14. The van der Waals surface area contributed by atoms with Gasteiger partial charge >= 0.3 is 0 Å². The Kier molecular flexibility index (Phi) is 3.89. The fraction of sp³-hybridized carbons (Fsp3) is 0.222. The van der Waals surface area contributed by atoms with Crippen molar-refractivity contribution in [3.63, 3.8) is 0 Å². The second-order valence-electron chi connectivity index (χ2n) is 3.23. The molecule has 0 bridgehead atoms. The molecule has 17 heavy (non-hydrogen) atoms. The standard InChI is InChI=1S/C9H12BrN7/c10-7-8(13-6-14-9(7)16-11)12-3-5-17-4-1-2-15-17/h1-2,4,6H,3,5,11H2,(H2,12,13,14,16). The smallest absolute Gasteiger partial charge is 0.159 e. The summed E-state index contributed by atoms with van der Waals surface area (Å²) < 4.78 is 2.55. The first-order valence-corrected chi connectivity index (χ1v) is 5.79. The summed E-state index contributed by atoms with van der Waals surface area (Å²) in [6, 6.07) is 1.89. The Bertz CT molecular complexity index is 470. The number of nitrogen functional groups attached to an aromatic ring is 1. The lowest BCUT2D eigenvalue weighted by Gasteiger charge is -2.09. The van der Waals surface area contributed by atoms with E-state index in [1.165, 1.54) is 6.33 Å². The Balaban J connectivity index is 1.95. The predicted octanol–water partition coefficient (Wildman–Crippen LogP) is 0.833. The molecule has 0 spiro atoms. The van der Waals surface area contributed by atoms with Crippen molar-refractivity contribution in [1.29, 1.82) is 0 Å². The number of hydrogen-bond acceptors (Lipinski definition) is 6. The molecule has 0 amide bonds. The van der Waals surface area contributed by atoms with Crippen LogP contribution in [0.2, 0.25) is 0 Å². The maximum absolute atomic E-state index is 5.31. The van der Waals surface area contributed by atoms with Gasteiger partial charge < -0.3 is 10.7 Å². The number of aromatic nitrogens is 4. The largest absolute Gasteiger partial charge is 0.367 e. The number of halogens is 1. The van der Waals surface area contributed by atoms with Crippen molar-refractivity contribution in [3.8, 4) is 0 Å². The molecule has 0 radical (unpaired) electrons. The van der Waals surface area contributed by atoms with Gasteiger partial charge in [0.05, 0.1) is 6.54 Å². The number of nitrogens with one attached hydrogen (secondary N) is 2. The summed E-state index contributed by atoms with van der Waals surface area (Å²) in [5, 5.41) is 7.27. The lowest BCUT2D eigenvalue weighted by molar-refractivity contribution is 0.637. The Hall–Kier alpha value is -1.67. The summed E-state index contributed by atoms with van der Waals surface area (Å²) in [5.74, 6) is 6.55. The van der Waals surface area contributed by atoms with Crippen molar-refractivity contribution < 1.29 is 0 Å². The van der Waals surface area contributed by atoms with Gasteiger partial charge in [0.25, 0.3) is 0 Å². The SMILES string of the molecule is NNc1ncnc(NCCn2cccn2)c1Br. The molecule has 0 saturated carbocycles. The maximum atomic E-state index is 5.31. The first kappa shape index (κ1) is 11.8. The van der Waals surface area contributed by atoms with Gasteiger partial charge in [-0.05, 0) is 22.0 Å². The van der Waals surface area contributed by atoms with Crippen LogP contribution in [-0.2, 0) is 6.54 Å². The minimum absolute atomic E-state index is 0.543. The molecule has 0 atom stereocenters. The van der Waals surface area contributed by atoms with Gasteiger partial charge in [-0.2, -0.15) is 5.10 Å². The zero-order chi connectivity index (χ0) is 12.1. The molecule has 0 saturated heterocycles. The van der Waals surface area contributed by atoms with E-state index in [0.29, 0.717) is 22.7 Å². The molecule has 0 aliphatic heterocycles. The summed E-state index contributed by atoms with van der Waals surface area (Å²) in [5.41, 5.74) is 2.48. The minimum atomic E-state index is 0.543. The van der Waals surface area contributed by atoms with Crippen LogP contribution in [0.1, 0.15) is 0 Å². The molecule has 0 aliphatic rings. The number of hydrazine groups is 1. The van der Waals surface area contributed by atoms with E-state index in [9.17, 15) is 0 Å². The molecule has 2 aromatic heterocycles. The number of nitrogens with two attached hydrogens (primary N) is 1. The fourth-order valence-electron chi connectivity index (χ4n) is 1.32. The van der Waals surface area contributed by atoms with Gasteiger partial charge in [-0.25, -0.2) is 15.8 Å². The fourth-order valence-corrected chi connectivity index (χ4v) is 1.77. The topological polar surface area (TPSA) is 93.7 Å².